The quantitative estimate of drug-likeness (QED) is 0.549. The lowest BCUT2D eigenvalue weighted by molar-refractivity contribution is 0.0545. The van der Waals surface area contributed by atoms with Gasteiger partial charge in [-0.2, -0.15) is 0 Å². The van der Waals surface area contributed by atoms with Gasteiger partial charge in [0.15, 0.2) is 5.82 Å². The zero-order chi connectivity index (χ0) is 22.4. The molecule has 0 bridgehead atoms. The number of hydrogen-bond acceptors (Lipinski definition) is 6. The van der Waals surface area contributed by atoms with Crippen LogP contribution in [0.25, 0.3) is 21.3 Å². The Bertz CT molecular complexity index is 1130. The summed E-state index contributed by atoms with van der Waals surface area (Å²) in [4.78, 5) is 2.70. The maximum atomic E-state index is 13.9. The molecule has 33 heavy (non-hydrogen) atoms. The van der Waals surface area contributed by atoms with Crippen LogP contribution < -0.4 is 5.32 Å². The molecular formula is C26H31FN4OS. The summed E-state index contributed by atoms with van der Waals surface area (Å²) in [7, 11) is 0. The van der Waals surface area contributed by atoms with Crippen LogP contribution in [0.1, 0.15) is 31.2 Å². The van der Waals surface area contributed by atoms with Crippen molar-refractivity contribution in [2.75, 3.05) is 38.2 Å². The molecule has 1 aliphatic carbocycles. The zero-order valence-electron chi connectivity index (χ0n) is 19.1. The number of thiophene rings is 1. The highest BCUT2D eigenvalue weighted by molar-refractivity contribution is 7.17. The van der Waals surface area contributed by atoms with Crippen molar-refractivity contribution >= 4 is 27.2 Å². The minimum atomic E-state index is -0.243. The molecule has 1 aromatic carbocycles. The van der Waals surface area contributed by atoms with E-state index >= 15 is 0 Å². The first kappa shape index (κ1) is 21.4. The van der Waals surface area contributed by atoms with Crippen molar-refractivity contribution in [3.8, 4) is 11.3 Å². The Labute approximate surface area is 198 Å². The highest BCUT2D eigenvalue weighted by Crippen LogP contribution is 2.41. The Balaban J connectivity index is 1.14. The van der Waals surface area contributed by atoms with E-state index in [4.69, 9.17) is 4.74 Å². The number of benzene rings is 1. The molecule has 3 aliphatic rings. The van der Waals surface area contributed by atoms with E-state index in [1.54, 1.807) is 23.5 Å². The number of anilines is 1. The predicted molar refractivity (Wildman–Crippen MR) is 131 cm³/mol. The fourth-order valence-corrected chi connectivity index (χ4v) is 7.06. The van der Waals surface area contributed by atoms with Crippen LogP contribution in [0, 0.1) is 30.5 Å². The number of likely N-dealkylation sites (tertiary alicyclic amines) is 1. The molecule has 1 N–H and O–H groups in total. The standard InChI is InChI=1S/C26H31FN4OS/c1-16-2-3-20(27)12-23(16)24-25-22(6-9-33-25)26(30-29-24)28-21-10-18-14-31(15-19(18)11-21)13-17-4-7-32-8-5-17/h2-3,6,9,12,17-19,21H,4-5,7-8,10-11,13-15H2,1H3,(H,28,30)/t18-,19?,21?/m1/s1. The first-order valence-corrected chi connectivity index (χ1v) is 13.1. The Kier molecular flexibility index (Phi) is 5.80. The summed E-state index contributed by atoms with van der Waals surface area (Å²) >= 11 is 1.65. The smallest absolute Gasteiger partial charge is 0.157 e. The number of rotatable bonds is 5. The van der Waals surface area contributed by atoms with Gasteiger partial charge in [-0.1, -0.05) is 6.07 Å². The highest BCUT2D eigenvalue weighted by atomic mass is 32.1. The summed E-state index contributed by atoms with van der Waals surface area (Å²) < 4.78 is 20.5. The Hall–Kier alpha value is -2.09. The van der Waals surface area contributed by atoms with Crippen LogP contribution in [0.5, 0.6) is 0 Å². The molecule has 174 valence electrons. The van der Waals surface area contributed by atoms with Gasteiger partial charge in [0.25, 0.3) is 0 Å². The van der Waals surface area contributed by atoms with Crippen LogP contribution in [0.15, 0.2) is 29.6 Å². The van der Waals surface area contributed by atoms with Crippen LogP contribution in [0.4, 0.5) is 10.2 Å². The molecule has 4 heterocycles. The van der Waals surface area contributed by atoms with Gasteiger partial charge in [0.1, 0.15) is 11.5 Å². The van der Waals surface area contributed by atoms with Gasteiger partial charge < -0.3 is 15.0 Å². The SMILES string of the molecule is Cc1ccc(F)cc1-c1nnc(NC2CC3CN(CC4CCOCC4)C[C@H]3C2)c2ccsc12. The lowest BCUT2D eigenvalue weighted by atomic mass is 10.00. The third-order valence-corrected chi connectivity index (χ3v) is 8.79. The molecular weight excluding hydrogens is 435 g/mol. The molecule has 3 aromatic rings. The topological polar surface area (TPSA) is 50.3 Å². The first-order valence-electron chi connectivity index (χ1n) is 12.2. The second kappa shape index (κ2) is 8.93. The molecule has 2 aliphatic heterocycles. The van der Waals surface area contributed by atoms with Crippen LogP contribution in [0.3, 0.4) is 0 Å². The molecule has 2 unspecified atom stereocenters. The van der Waals surface area contributed by atoms with Crippen molar-refractivity contribution in [1.29, 1.82) is 0 Å². The Morgan fingerprint density at radius 2 is 1.91 bits per heavy atom. The number of nitrogens with one attached hydrogen (secondary N) is 1. The molecule has 0 amide bonds. The van der Waals surface area contributed by atoms with E-state index in [9.17, 15) is 4.39 Å². The van der Waals surface area contributed by atoms with Gasteiger partial charge in [-0.3, -0.25) is 0 Å². The van der Waals surface area contributed by atoms with Crippen LogP contribution >= 0.6 is 11.3 Å². The first-order chi connectivity index (χ1) is 16.1. The summed E-state index contributed by atoms with van der Waals surface area (Å²) in [6, 6.07) is 7.43. The maximum Gasteiger partial charge on any atom is 0.157 e. The van der Waals surface area contributed by atoms with E-state index in [1.807, 2.05) is 6.92 Å². The fraction of sp³-hybridized carbons (Fsp3) is 0.538. The number of ether oxygens (including phenoxy) is 1. The lowest BCUT2D eigenvalue weighted by Crippen LogP contribution is -2.32. The second-order valence-electron chi connectivity index (χ2n) is 10.1. The minimum absolute atomic E-state index is 0.243. The summed E-state index contributed by atoms with van der Waals surface area (Å²) in [5, 5.41) is 16.0. The van der Waals surface area contributed by atoms with Gasteiger partial charge in [0.2, 0.25) is 0 Å². The van der Waals surface area contributed by atoms with E-state index < -0.39 is 0 Å². The number of aromatic nitrogens is 2. The summed E-state index contributed by atoms with van der Waals surface area (Å²) in [5.41, 5.74) is 2.60. The van der Waals surface area contributed by atoms with Gasteiger partial charge in [-0.15, -0.1) is 21.5 Å². The summed E-state index contributed by atoms with van der Waals surface area (Å²) in [6.45, 7) is 7.58. The van der Waals surface area contributed by atoms with Gasteiger partial charge >= 0.3 is 0 Å². The van der Waals surface area contributed by atoms with Gasteiger partial charge in [0.05, 0.1) is 4.70 Å². The minimum Gasteiger partial charge on any atom is -0.381 e. The molecule has 0 spiro atoms. The van der Waals surface area contributed by atoms with Gasteiger partial charge in [-0.05, 0) is 79.5 Å². The van der Waals surface area contributed by atoms with Crippen molar-refractivity contribution in [1.82, 2.24) is 15.1 Å². The van der Waals surface area contributed by atoms with Crippen molar-refractivity contribution in [3.63, 3.8) is 0 Å². The number of aryl methyl sites for hydroxylation is 1. The average Bonchev–Trinajstić information content (AvgIpc) is 3.52. The summed E-state index contributed by atoms with van der Waals surface area (Å²) in [5.74, 6) is 3.00. The van der Waals surface area contributed by atoms with Crippen LogP contribution in [-0.2, 0) is 4.74 Å². The molecule has 0 radical (unpaired) electrons. The molecule has 5 nitrogen and oxygen atoms in total. The molecule has 3 fully saturated rings. The summed E-state index contributed by atoms with van der Waals surface area (Å²) in [6.07, 6.45) is 4.84. The van der Waals surface area contributed by atoms with E-state index in [2.05, 4.69) is 31.9 Å². The normalized spacial score (nSPS) is 26.2. The van der Waals surface area contributed by atoms with Crippen LogP contribution in [0.2, 0.25) is 0 Å². The third-order valence-electron chi connectivity index (χ3n) is 7.86. The second-order valence-corrected chi connectivity index (χ2v) is 11.0. The molecule has 1 saturated carbocycles. The van der Waals surface area contributed by atoms with E-state index in [0.717, 1.165) is 63.7 Å². The number of nitrogens with zero attached hydrogens (tertiary/aromatic N) is 3. The monoisotopic (exact) mass is 466 g/mol. The van der Waals surface area contributed by atoms with Crippen molar-refractivity contribution in [2.45, 2.75) is 38.6 Å². The maximum absolute atomic E-state index is 13.9. The lowest BCUT2D eigenvalue weighted by Gasteiger charge is -2.27. The Morgan fingerprint density at radius 1 is 1.12 bits per heavy atom. The zero-order valence-corrected chi connectivity index (χ0v) is 19.9. The molecule has 7 heteroatoms. The number of hydrogen-bond donors (Lipinski definition) is 1. The highest BCUT2D eigenvalue weighted by Gasteiger charge is 2.41. The number of fused-ring (bicyclic) bond motifs is 2. The number of halogens is 1. The van der Waals surface area contributed by atoms with Crippen LogP contribution in [-0.4, -0.2) is 54.0 Å². The predicted octanol–water partition coefficient (Wildman–Crippen LogP) is 5.35. The molecule has 3 atom stereocenters. The van der Waals surface area contributed by atoms with Crippen molar-refractivity contribution in [3.05, 3.63) is 41.0 Å². The fourth-order valence-electron chi connectivity index (χ4n) is 6.16. The van der Waals surface area contributed by atoms with Crippen molar-refractivity contribution in [2.24, 2.45) is 17.8 Å². The van der Waals surface area contributed by atoms with Gasteiger partial charge in [0, 0.05) is 49.8 Å². The third kappa shape index (κ3) is 4.27. The van der Waals surface area contributed by atoms with E-state index in [0.29, 0.717) is 6.04 Å². The van der Waals surface area contributed by atoms with Gasteiger partial charge in [-0.25, -0.2) is 4.39 Å². The molecule has 2 saturated heterocycles. The van der Waals surface area contributed by atoms with E-state index in [-0.39, 0.29) is 5.82 Å². The molecule has 6 rings (SSSR count). The Morgan fingerprint density at radius 3 is 2.70 bits per heavy atom. The van der Waals surface area contributed by atoms with Crippen molar-refractivity contribution < 1.29 is 9.13 Å². The van der Waals surface area contributed by atoms with E-state index in [1.165, 1.54) is 51.4 Å². The average molecular weight is 467 g/mol. The molecule has 2 aromatic heterocycles. The largest absolute Gasteiger partial charge is 0.381 e.